The van der Waals surface area contributed by atoms with E-state index in [9.17, 15) is 9.59 Å². The van der Waals surface area contributed by atoms with Gasteiger partial charge in [-0.15, -0.1) is 11.6 Å². The number of fused-ring (bicyclic) bond motifs is 1. The fourth-order valence-electron chi connectivity index (χ4n) is 3.60. The molecule has 0 bridgehead atoms. The molecular formula is C26H21ClO6. The van der Waals surface area contributed by atoms with E-state index >= 15 is 0 Å². The number of esters is 1. The summed E-state index contributed by atoms with van der Waals surface area (Å²) in [6.07, 6.45) is 0. The number of alkyl halides is 1. The summed E-state index contributed by atoms with van der Waals surface area (Å²) in [5.41, 5.74) is 1.78. The van der Waals surface area contributed by atoms with Crippen LogP contribution in [0, 0.1) is 6.92 Å². The third-order valence-corrected chi connectivity index (χ3v) is 5.66. The first-order valence-corrected chi connectivity index (χ1v) is 10.6. The van der Waals surface area contributed by atoms with E-state index < -0.39 is 11.3 Å². The van der Waals surface area contributed by atoms with E-state index in [1.165, 1.54) is 13.2 Å². The summed E-state index contributed by atoms with van der Waals surface area (Å²) in [7, 11) is 3.08. The van der Waals surface area contributed by atoms with Crippen LogP contribution in [-0.4, -0.2) is 20.2 Å². The second-order valence-corrected chi connectivity index (χ2v) is 7.72. The van der Waals surface area contributed by atoms with Gasteiger partial charge in [0.25, 0.3) is 0 Å². The van der Waals surface area contributed by atoms with Crippen LogP contribution in [0.15, 0.2) is 75.9 Å². The second kappa shape index (κ2) is 9.38. The van der Waals surface area contributed by atoms with Crippen molar-refractivity contribution in [3.63, 3.8) is 0 Å². The molecule has 0 radical (unpaired) electrons. The minimum Gasteiger partial charge on any atom is -0.493 e. The molecule has 1 heterocycles. The molecule has 0 saturated carbocycles. The van der Waals surface area contributed by atoms with Gasteiger partial charge < -0.3 is 18.6 Å². The Morgan fingerprint density at radius 2 is 1.67 bits per heavy atom. The van der Waals surface area contributed by atoms with Gasteiger partial charge in [-0.1, -0.05) is 36.4 Å². The zero-order valence-electron chi connectivity index (χ0n) is 18.3. The van der Waals surface area contributed by atoms with E-state index in [0.29, 0.717) is 44.9 Å². The van der Waals surface area contributed by atoms with E-state index in [-0.39, 0.29) is 11.2 Å². The largest absolute Gasteiger partial charge is 0.493 e. The Morgan fingerprint density at radius 1 is 0.939 bits per heavy atom. The lowest BCUT2D eigenvalue weighted by Crippen LogP contribution is -2.14. The molecule has 0 amide bonds. The van der Waals surface area contributed by atoms with Crippen molar-refractivity contribution in [2.24, 2.45) is 0 Å². The molecule has 0 saturated heterocycles. The molecule has 3 aromatic carbocycles. The van der Waals surface area contributed by atoms with Crippen LogP contribution in [0.4, 0.5) is 0 Å². The minimum atomic E-state index is -0.955. The summed E-state index contributed by atoms with van der Waals surface area (Å²) in [6, 6.07) is 18.8. The fraction of sp³-hybridized carbons (Fsp3) is 0.154. The zero-order chi connectivity index (χ0) is 23.5. The SMILES string of the molecule is COc1ccc(-c2c(C)oc3cc(OC(=O)C(Cl)c4ccccc4)ccc3c2=O)cc1OC. The van der Waals surface area contributed by atoms with Gasteiger partial charge in [0.05, 0.1) is 25.2 Å². The predicted octanol–water partition coefficient (Wildman–Crippen LogP) is 5.67. The van der Waals surface area contributed by atoms with Gasteiger partial charge in [-0.25, -0.2) is 4.79 Å². The van der Waals surface area contributed by atoms with Crippen molar-refractivity contribution in [3.05, 3.63) is 88.3 Å². The first kappa shape index (κ1) is 22.4. The highest BCUT2D eigenvalue weighted by molar-refractivity contribution is 6.30. The standard InChI is InChI=1S/C26H21ClO6/c1-15-23(17-9-12-20(30-2)22(13-17)31-3)25(28)19-11-10-18(14-21(19)32-15)33-26(29)24(27)16-7-5-4-6-8-16/h4-14,24H,1-3H3. The molecule has 1 unspecified atom stereocenters. The van der Waals surface area contributed by atoms with Crippen LogP contribution in [0.2, 0.25) is 0 Å². The van der Waals surface area contributed by atoms with Gasteiger partial charge in [0.15, 0.2) is 16.9 Å². The van der Waals surface area contributed by atoms with Gasteiger partial charge >= 0.3 is 5.97 Å². The van der Waals surface area contributed by atoms with E-state index in [2.05, 4.69) is 0 Å². The lowest BCUT2D eigenvalue weighted by Gasteiger charge is -2.12. The predicted molar refractivity (Wildman–Crippen MR) is 126 cm³/mol. The molecule has 0 spiro atoms. The van der Waals surface area contributed by atoms with Crippen molar-refractivity contribution in [1.29, 1.82) is 0 Å². The maximum Gasteiger partial charge on any atom is 0.334 e. The molecule has 33 heavy (non-hydrogen) atoms. The topological polar surface area (TPSA) is 75.0 Å². The highest BCUT2D eigenvalue weighted by Gasteiger charge is 2.21. The van der Waals surface area contributed by atoms with Gasteiger partial charge in [-0.2, -0.15) is 0 Å². The summed E-state index contributed by atoms with van der Waals surface area (Å²) in [5.74, 6) is 1.09. The van der Waals surface area contributed by atoms with Crippen LogP contribution in [0.3, 0.4) is 0 Å². The van der Waals surface area contributed by atoms with Crippen LogP contribution in [0.1, 0.15) is 16.7 Å². The maximum absolute atomic E-state index is 13.3. The van der Waals surface area contributed by atoms with Gasteiger partial charge in [-0.05, 0) is 42.3 Å². The lowest BCUT2D eigenvalue weighted by atomic mass is 10.0. The quantitative estimate of drug-likeness (QED) is 0.208. The Morgan fingerprint density at radius 3 is 2.36 bits per heavy atom. The summed E-state index contributed by atoms with van der Waals surface area (Å²) < 4.78 is 22.0. The Bertz CT molecular complexity index is 1380. The average Bonchev–Trinajstić information content (AvgIpc) is 2.83. The van der Waals surface area contributed by atoms with E-state index in [0.717, 1.165) is 0 Å². The average molecular weight is 465 g/mol. The molecule has 0 fully saturated rings. The number of ether oxygens (including phenoxy) is 3. The summed E-state index contributed by atoms with van der Waals surface area (Å²) >= 11 is 6.24. The van der Waals surface area contributed by atoms with Crippen molar-refractivity contribution in [2.45, 2.75) is 12.3 Å². The third-order valence-electron chi connectivity index (χ3n) is 5.23. The van der Waals surface area contributed by atoms with Crippen molar-refractivity contribution in [3.8, 4) is 28.4 Å². The van der Waals surface area contributed by atoms with Crippen molar-refractivity contribution >= 4 is 28.5 Å². The van der Waals surface area contributed by atoms with Gasteiger partial charge in [0, 0.05) is 6.07 Å². The van der Waals surface area contributed by atoms with E-state index in [1.54, 1.807) is 68.6 Å². The lowest BCUT2D eigenvalue weighted by molar-refractivity contribution is -0.134. The molecule has 0 aliphatic carbocycles. The Labute approximate surface area is 195 Å². The van der Waals surface area contributed by atoms with Crippen LogP contribution in [-0.2, 0) is 4.79 Å². The second-order valence-electron chi connectivity index (χ2n) is 7.28. The number of carbonyl (C=O) groups excluding carboxylic acids is 1. The molecule has 6 nitrogen and oxygen atoms in total. The number of hydrogen-bond acceptors (Lipinski definition) is 6. The number of halogens is 1. The highest BCUT2D eigenvalue weighted by Crippen LogP contribution is 2.34. The molecule has 1 aromatic heterocycles. The van der Waals surface area contributed by atoms with Gasteiger partial charge in [0.1, 0.15) is 17.1 Å². The van der Waals surface area contributed by atoms with Crippen LogP contribution >= 0.6 is 11.6 Å². The molecule has 168 valence electrons. The number of benzene rings is 3. The molecule has 0 N–H and O–H groups in total. The van der Waals surface area contributed by atoms with Crippen LogP contribution < -0.4 is 19.6 Å². The molecule has 7 heteroatoms. The number of aryl methyl sites for hydroxylation is 1. The van der Waals surface area contributed by atoms with Crippen molar-refractivity contribution in [2.75, 3.05) is 14.2 Å². The summed E-state index contributed by atoms with van der Waals surface area (Å²) in [4.78, 5) is 25.7. The zero-order valence-corrected chi connectivity index (χ0v) is 19.0. The van der Waals surface area contributed by atoms with Crippen LogP contribution in [0.5, 0.6) is 17.2 Å². The molecular weight excluding hydrogens is 444 g/mol. The molecule has 1 atom stereocenters. The summed E-state index contributed by atoms with van der Waals surface area (Å²) in [6.45, 7) is 1.70. The summed E-state index contributed by atoms with van der Waals surface area (Å²) in [5, 5.41) is -0.598. The number of methoxy groups -OCH3 is 2. The number of carbonyl (C=O) groups is 1. The highest BCUT2D eigenvalue weighted by atomic mass is 35.5. The molecule has 4 rings (SSSR count). The van der Waals surface area contributed by atoms with Gasteiger partial charge in [0.2, 0.25) is 5.43 Å². The Kier molecular flexibility index (Phi) is 6.38. The normalized spacial score (nSPS) is 11.8. The molecule has 0 aliphatic heterocycles. The third kappa shape index (κ3) is 4.43. The molecule has 4 aromatic rings. The smallest absolute Gasteiger partial charge is 0.334 e. The molecule has 0 aliphatic rings. The maximum atomic E-state index is 13.3. The van der Waals surface area contributed by atoms with Crippen LogP contribution in [0.25, 0.3) is 22.1 Å². The monoisotopic (exact) mass is 464 g/mol. The van der Waals surface area contributed by atoms with Gasteiger partial charge in [-0.3, -0.25) is 4.79 Å². The van der Waals surface area contributed by atoms with E-state index in [1.807, 2.05) is 6.07 Å². The number of rotatable bonds is 6. The first-order valence-electron chi connectivity index (χ1n) is 10.1. The first-order chi connectivity index (χ1) is 15.9. The van der Waals surface area contributed by atoms with E-state index in [4.69, 9.17) is 30.2 Å². The van der Waals surface area contributed by atoms with Crippen molar-refractivity contribution < 1.29 is 23.4 Å². The fourth-order valence-corrected chi connectivity index (χ4v) is 3.79. The Hall–Kier alpha value is -3.77. The minimum absolute atomic E-state index is 0.210. The van der Waals surface area contributed by atoms with Crippen molar-refractivity contribution in [1.82, 2.24) is 0 Å². The number of hydrogen-bond donors (Lipinski definition) is 0. The Balaban J connectivity index is 1.68.